The third-order valence-electron chi connectivity index (χ3n) is 3.61. The molecule has 138 valence electrons. The minimum Gasteiger partial charge on any atom is -0.295 e. The molecule has 1 N–H and O–H groups in total. The van der Waals surface area contributed by atoms with Gasteiger partial charge in [0.2, 0.25) is 0 Å². The van der Waals surface area contributed by atoms with Crippen molar-refractivity contribution in [3.05, 3.63) is 62.1 Å². The van der Waals surface area contributed by atoms with E-state index in [2.05, 4.69) is 22.3 Å². The number of aryl methyl sites for hydroxylation is 1. The van der Waals surface area contributed by atoms with E-state index in [9.17, 15) is 9.59 Å². The van der Waals surface area contributed by atoms with E-state index in [-0.39, 0.29) is 11.5 Å². The number of rotatable bonds is 5. The Morgan fingerprint density at radius 1 is 1.08 bits per heavy atom. The topological polar surface area (TPSA) is 79.6 Å². The number of aromatic amines is 1. The normalized spacial score (nSPS) is 12.8. The van der Waals surface area contributed by atoms with Crippen LogP contribution < -0.4 is 5.56 Å². The van der Waals surface area contributed by atoms with Crippen LogP contribution in [0.15, 0.2) is 51.1 Å². The summed E-state index contributed by atoms with van der Waals surface area (Å²) in [4.78, 5) is 22.0. The fourth-order valence-electron chi connectivity index (χ4n) is 2.32. The monoisotopic (exact) mass is 394 g/mol. The summed E-state index contributed by atoms with van der Waals surface area (Å²) in [5.74, 6) is -0.212. The molecule has 2 aromatic rings. The molecule has 0 spiro atoms. The van der Waals surface area contributed by atoms with E-state index in [0.717, 1.165) is 24.2 Å². The minimum absolute atomic E-state index is 0.120. The average molecular weight is 395 g/mol. The van der Waals surface area contributed by atoms with E-state index in [1.807, 2.05) is 6.92 Å². The van der Waals surface area contributed by atoms with Crippen LogP contribution >= 0.6 is 23.2 Å². The Kier molecular flexibility index (Phi) is 7.36. The van der Waals surface area contributed by atoms with E-state index in [1.54, 1.807) is 18.2 Å². The number of allylic oxidation sites excluding steroid dienone is 1. The lowest BCUT2D eigenvalue weighted by Crippen LogP contribution is -2.13. The quantitative estimate of drug-likeness (QED) is 0.704. The first-order valence-corrected chi connectivity index (χ1v) is 9.06. The van der Waals surface area contributed by atoms with E-state index < -0.39 is 0 Å². The number of unbranched alkanes of at least 4 members (excludes halogenated alkanes) is 2. The molecular formula is C18H20Cl2N4O2. The van der Waals surface area contributed by atoms with Crippen molar-refractivity contribution in [3.8, 4) is 5.69 Å². The summed E-state index contributed by atoms with van der Waals surface area (Å²) >= 11 is 11.6. The van der Waals surface area contributed by atoms with Gasteiger partial charge in [-0.25, -0.2) is 4.68 Å². The number of azo groups is 1. The first-order valence-electron chi connectivity index (χ1n) is 8.31. The van der Waals surface area contributed by atoms with Gasteiger partial charge in [-0.15, -0.1) is 5.11 Å². The van der Waals surface area contributed by atoms with Crippen LogP contribution in [0, 0.1) is 6.92 Å². The largest absolute Gasteiger partial charge is 0.295 e. The zero-order chi connectivity index (χ0) is 19.1. The van der Waals surface area contributed by atoms with E-state index in [0.29, 0.717) is 15.7 Å². The first kappa shape index (κ1) is 20.1. The Hall–Kier alpha value is -2.18. The van der Waals surface area contributed by atoms with Gasteiger partial charge in [0.1, 0.15) is 0 Å². The number of benzene rings is 1. The Balaban J connectivity index is 0.000000197. The van der Waals surface area contributed by atoms with Crippen molar-refractivity contribution in [1.29, 1.82) is 0 Å². The van der Waals surface area contributed by atoms with Crippen molar-refractivity contribution in [2.24, 2.45) is 10.2 Å². The molecule has 1 aromatic heterocycles. The molecule has 8 heteroatoms. The number of hydrogen-bond acceptors (Lipinski definition) is 3. The number of amides is 1. The molecule has 1 amide bonds. The van der Waals surface area contributed by atoms with Crippen LogP contribution in [0.5, 0.6) is 0 Å². The molecule has 0 fully saturated rings. The van der Waals surface area contributed by atoms with Crippen LogP contribution in [0.2, 0.25) is 10.0 Å². The highest BCUT2D eigenvalue weighted by Gasteiger charge is 2.06. The number of nitrogens with one attached hydrogen (secondary N) is 1. The molecule has 1 aliphatic heterocycles. The summed E-state index contributed by atoms with van der Waals surface area (Å²) in [5, 5.41) is 10.9. The lowest BCUT2D eigenvalue weighted by molar-refractivity contribution is -0.113. The van der Waals surface area contributed by atoms with Crippen LogP contribution in [0.25, 0.3) is 5.69 Å². The third kappa shape index (κ3) is 5.68. The number of H-pyrrole nitrogens is 1. The molecule has 0 unspecified atom stereocenters. The number of carbonyl (C=O) groups excluding carboxylic acids is 1. The lowest BCUT2D eigenvalue weighted by Gasteiger charge is -2.03. The number of aromatic nitrogens is 2. The minimum atomic E-state index is -0.212. The maximum Gasteiger partial charge on any atom is 0.290 e. The summed E-state index contributed by atoms with van der Waals surface area (Å²) < 4.78 is 1.41. The van der Waals surface area contributed by atoms with E-state index in [4.69, 9.17) is 23.2 Å². The third-order valence-corrected chi connectivity index (χ3v) is 4.35. The molecule has 1 aromatic carbocycles. The number of halogens is 2. The Morgan fingerprint density at radius 2 is 1.85 bits per heavy atom. The maximum absolute atomic E-state index is 11.5. The highest BCUT2D eigenvalue weighted by molar-refractivity contribution is 6.42. The molecule has 0 aliphatic carbocycles. The van der Waals surface area contributed by atoms with Gasteiger partial charge in [-0.1, -0.05) is 43.0 Å². The van der Waals surface area contributed by atoms with Crippen molar-refractivity contribution >= 4 is 29.1 Å². The predicted molar refractivity (Wildman–Crippen MR) is 103 cm³/mol. The second-order valence-electron chi connectivity index (χ2n) is 5.84. The Bertz CT molecular complexity index is 897. The lowest BCUT2D eigenvalue weighted by atomic mass is 10.1. The van der Waals surface area contributed by atoms with Crippen molar-refractivity contribution in [2.75, 3.05) is 0 Å². The molecule has 1 aliphatic rings. The fraction of sp³-hybridized carbons (Fsp3) is 0.333. The molecule has 3 rings (SSSR count). The van der Waals surface area contributed by atoms with E-state index in [1.165, 1.54) is 29.7 Å². The fourth-order valence-corrected chi connectivity index (χ4v) is 2.61. The molecule has 0 bridgehead atoms. The highest BCUT2D eigenvalue weighted by atomic mass is 35.5. The van der Waals surface area contributed by atoms with Gasteiger partial charge in [-0.2, -0.15) is 5.11 Å². The van der Waals surface area contributed by atoms with Gasteiger partial charge >= 0.3 is 0 Å². The average Bonchev–Trinajstić information content (AvgIpc) is 3.16. The summed E-state index contributed by atoms with van der Waals surface area (Å²) in [5.41, 5.74) is 2.18. The molecule has 26 heavy (non-hydrogen) atoms. The van der Waals surface area contributed by atoms with Crippen LogP contribution in [0.3, 0.4) is 0 Å². The highest BCUT2D eigenvalue weighted by Crippen LogP contribution is 2.23. The molecule has 0 atom stereocenters. The van der Waals surface area contributed by atoms with Crippen molar-refractivity contribution in [2.45, 2.75) is 39.5 Å². The van der Waals surface area contributed by atoms with Crippen molar-refractivity contribution in [3.63, 3.8) is 0 Å². The summed E-state index contributed by atoms with van der Waals surface area (Å²) in [7, 11) is 0. The number of hydrogen-bond donors (Lipinski definition) is 1. The van der Waals surface area contributed by atoms with Crippen LogP contribution in [-0.4, -0.2) is 15.7 Å². The van der Waals surface area contributed by atoms with Gasteiger partial charge in [0.05, 0.1) is 21.4 Å². The zero-order valence-electron chi connectivity index (χ0n) is 14.6. The van der Waals surface area contributed by atoms with Crippen molar-refractivity contribution < 1.29 is 4.79 Å². The molecular weight excluding hydrogens is 375 g/mol. The van der Waals surface area contributed by atoms with Gasteiger partial charge in [-0.3, -0.25) is 14.7 Å². The predicted octanol–water partition coefficient (Wildman–Crippen LogP) is 5.22. The Labute approximate surface area is 161 Å². The van der Waals surface area contributed by atoms with Crippen LogP contribution in [-0.2, 0) is 4.79 Å². The van der Waals surface area contributed by atoms with E-state index >= 15 is 0 Å². The zero-order valence-corrected chi connectivity index (χ0v) is 16.1. The molecule has 2 heterocycles. The molecule has 0 saturated heterocycles. The molecule has 0 radical (unpaired) electrons. The van der Waals surface area contributed by atoms with Gasteiger partial charge in [-0.05, 0) is 38.0 Å². The summed E-state index contributed by atoms with van der Waals surface area (Å²) in [6.07, 6.45) is 5.90. The standard InChI is InChI=1S/C10H8Cl2N2O.C8H12N2O/c1-6-4-10(15)14(13-6)7-2-3-8(11)9(12)5-7;1-2-3-4-5-7-6-8(11)10-9-7/h2-5,13H,1H3;6H,2-5H2,1H3. The SMILES string of the molecule is CCCCCC1=CC(=O)N=N1.Cc1cc(=O)n(-c2ccc(Cl)c(Cl)c2)[nH]1. The summed E-state index contributed by atoms with van der Waals surface area (Å²) in [6.45, 7) is 3.96. The van der Waals surface area contributed by atoms with Gasteiger partial charge in [0, 0.05) is 17.8 Å². The van der Waals surface area contributed by atoms with Gasteiger partial charge in [0.25, 0.3) is 11.5 Å². The molecule has 6 nitrogen and oxygen atoms in total. The van der Waals surface area contributed by atoms with Crippen molar-refractivity contribution in [1.82, 2.24) is 9.78 Å². The van der Waals surface area contributed by atoms with Gasteiger partial charge < -0.3 is 0 Å². The van der Waals surface area contributed by atoms with Crippen LogP contribution in [0.1, 0.15) is 38.3 Å². The van der Waals surface area contributed by atoms with Gasteiger partial charge in [0.15, 0.2) is 0 Å². The number of nitrogens with zero attached hydrogens (tertiary/aromatic N) is 3. The second kappa shape index (κ2) is 9.50. The molecule has 0 saturated carbocycles. The Morgan fingerprint density at radius 3 is 2.38 bits per heavy atom. The smallest absolute Gasteiger partial charge is 0.290 e. The second-order valence-corrected chi connectivity index (χ2v) is 6.66. The first-order chi connectivity index (χ1) is 12.4. The maximum atomic E-state index is 11.5. The summed E-state index contributed by atoms with van der Waals surface area (Å²) in [6, 6.07) is 6.54. The number of carbonyl (C=O) groups is 1. The van der Waals surface area contributed by atoms with Crippen LogP contribution in [0.4, 0.5) is 0 Å².